The van der Waals surface area contributed by atoms with Crippen LogP contribution >= 0.6 is 0 Å². The summed E-state index contributed by atoms with van der Waals surface area (Å²) in [6, 6.07) is 14.5. The van der Waals surface area contributed by atoms with Crippen LogP contribution in [-0.2, 0) is 0 Å². The van der Waals surface area contributed by atoms with Gasteiger partial charge in [-0.25, -0.2) is 0 Å². The Morgan fingerprint density at radius 1 is 0.806 bits per heavy atom. The van der Waals surface area contributed by atoms with E-state index in [1.165, 1.54) is 18.4 Å². The summed E-state index contributed by atoms with van der Waals surface area (Å²) in [4.78, 5) is 35.6. The number of fused-ring (bicyclic) bond motifs is 4. The summed E-state index contributed by atoms with van der Waals surface area (Å²) in [5.41, 5.74) is 6.05. The summed E-state index contributed by atoms with van der Waals surface area (Å²) in [5.74, 6) is -0.677. The molecule has 1 fully saturated rings. The number of nitrogens with zero attached hydrogens (tertiary/aromatic N) is 2. The molecule has 3 heterocycles. The molecule has 0 N–H and O–H groups in total. The largest absolute Gasteiger partial charge is 1.00 e. The summed E-state index contributed by atoms with van der Waals surface area (Å²) < 4.78 is 0. The zero-order chi connectivity index (χ0) is 21.5. The summed E-state index contributed by atoms with van der Waals surface area (Å²) in [7, 11) is 0. The summed E-state index contributed by atoms with van der Waals surface area (Å²) in [6.45, 7) is 7.57. The monoisotopic (exact) mass is 440 g/mol. The number of imide groups is 1. The van der Waals surface area contributed by atoms with Crippen molar-refractivity contribution in [2.24, 2.45) is 5.41 Å². The molecule has 0 spiro atoms. The molecule has 0 unspecified atom stereocenters. The van der Waals surface area contributed by atoms with Crippen LogP contribution in [0.4, 0.5) is 0 Å². The van der Waals surface area contributed by atoms with Gasteiger partial charge in [0.25, 0.3) is 5.91 Å². The molecule has 31 heavy (non-hydrogen) atoms. The molecule has 0 bridgehead atoms. The van der Waals surface area contributed by atoms with Gasteiger partial charge in [-0.2, -0.15) is 0 Å². The van der Waals surface area contributed by atoms with Crippen molar-refractivity contribution >= 4 is 23.4 Å². The van der Waals surface area contributed by atoms with Gasteiger partial charge in [-0.15, -0.1) is 0 Å². The molecule has 1 saturated carbocycles. The molecule has 2 aromatic rings. The second kappa shape index (κ2) is 9.51. The van der Waals surface area contributed by atoms with E-state index < -0.39 is 11.8 Å². The molecule has 3 aliphatic heterocycles. The van der Waals surface area contributed by atoms with Gasteiger partial charge in [0.2, 0.25) is 0 Å². The molecule has 6 heteroatoms. The summed E-state index contributed by atoms with van der Waals surface area (Å²) >= 11 is 0. The smallest absolute Gasteiger partial charge is 0.587 e. The van der Waals surface area contributed by atoms with Gasteiger partial charge in [-0.3, -0.25) is 4.79 Å². The topological polar surface area (TPSA) is 68.6 Å². The second-order valence-electron chi connectivity index (χ2n) is 8.81. The maximum atomic E-state index is 11.9. The van der Waals surface area contributed by atoms with Gasteiger partial charge < -0.3 is 19.8 Å². The number of carbonyl (C=O) groups is 3. The van der Waals surface area contributed by atoms with Gasteiger partial charge in [-0.05, 0) is 43.2 Å². The number of hydrogen-bond donors (Lipinski definition) is 0. The first kappa shape index (κ1) is 24.1. The molecule has 6 rings (SSSR count). The number of carbonyl (C=O) groups excluding carboxylic acids is 3. The van der Waals surface area contributed by atoms with E-state index >= 15 is 0 Å². The average molecular weight is 441 g/mol. The Balaban J connectivity index is 0.000000143. The fourth-order valence-corrected chi connectivity index (χ4v) is 3.66. The van der Waals surface area contributed by atoms with E-state index in [4.69, 9.17) is 0 Å². The average Bonchev–Trinajstić information content (AvgIpc) is 3.06. The number of amides is 3. The summed E-state index contributed by atoms with van der Waals surface area (Å²) in [6.07, 6.45) is 3.93. The minimum atomic E-state index is -0.425. The van der Waals surface area contributed by atoms with Gasteiger partial charge in [0.05, 0.1) is 17.5 Å². The van der Waals surface area contributed by atoms with Crippen LogP contribution in [0, 0.1) is 5.41 Å². The second-order valence-corrected chi connectivity index (χ2v) is 8.81. The van der Waals surface area contributed by atoms with Gasteiger partial charge in [0.1, 0.15) is 0 Å². The molecule has 2 aromatic carbocycles. The van der Waals surface area contributed by atoms with Gasteiger partial charge in [0.15, 0.2) is 0 Å². The minimum absolute atomic E-state index is 0. The normalized spacial score (nSPS) is 18.5. The minimum Gasteiger partial charge on any atom is -0.587 e. The Kier molecular flexibility index (Phi) is 7.38. The third-order valence-corrected chi connectivity index (χ3v) is 5.88. The molecule has 0 radical (unpaired) electrons. The Labute approximate surface area is 225 Å². The molecular weight excluding hydrogens is 415 g/mol. The van der Waals surface area contributed by atoms with Crippen molar-refractivity contribution in [3.63, 3.8) is 0 Å². The van der Waals surface area contributed by atoms with Crippen LogP contribution in [0.15, 0.2) is 54.1 Å². The van der Waals surface area contributed by atoms with E-state index in [9.17, 15) is 14.4 Å². The first-order valence-corrected chi connectivity index (χ1v) is 10.3. The Morgan fingerprint density at radius 3 is 1.74 bits per heavy atom. The third kappa shape index (κ3) is 5.09. The molecule has 5 nitrogen and oxygen atoms in total. The number of benzene rings is 2. The van der Waals surface area contributed by atoms with Crippen molar-refractivity contribution in [2.45, 2.75) is 40.0 Å². The predicted octanol–water partition coefficient (Wildman–Crippen LogP) is 2.44. The Hall–Kier alpha value is -1.57. The van der Waals surface area contributed by atoms with Crippen LogP contribution in [0.3, 0.4) is 0 Å². The van der Waals surface area contributed by atoms with E-state index in [-0.39, 0.29) is 57.3 Å². The van der Waals surface area contributed by atoms with Crippen LogP contribution in [-0.4, -0.2) is 29.2 Å². The van der Waals surface area contributed by atoms with Crippen molar-refractivity contribution < 1.29 is 65.8 Å². The SMILES string of the molecule is CC1(C)CC1.CC1=C2c3ccccc3C(=O)N2CC1.O=C1[N-]C(=O)c2ccccc21.[K+]. The molecule has 154 valence electrons. The van der Waals surface area contributed by atoms with Crippen molar-refractivity contribution in [1.29, 1.82) is 0 Å². The van der Waals surface area contributed by atoms with Gasteiger partial charge in [-0.1, -0.05) is 56.3 Å². The van der Waals surface area contributed by atoms with Crippen LogP contribution < -0.4 is 51.4 Å². The van der Waals surface area contributed by atoms with Crippen molar-refractivity contribution in [2.75, 3.05) is 6.54 Å². The van der Waals surface area contributed by atoms with Gasteiger partial charge >= 0.3 is 51.4 Å². The van der Waals surface area contributed by atoms with E-state index in [1.807, 2.05) is 29.2 Å². The van der Waals surface area contributed by atoms with Crippen LogP contribution in [0.1, 0.15) is 76.7 Å². The van der Waals surface area contributed by atoms with Gasteiger partial charge in [0, 0.05) is 28.8 Å². The van der Waals surface area contributed by atoms with Crippen molar-refractivity contribution in [3.8, 4) is 0 Å². The number of hydrogen-bond acceptors (Lipinski definition) is 3. The molecule has 0 aromatic heterocycles. The fraction of sp³-hybridized carbons (Fsp3) is 0.320. The van der Waals surface area contributed by atoms with E-state index in [2.05, 4.69) is 26.1 Å². The molecule has 0 saturated heterocycles. The number of rotatable bonds is 0. The maximum Gasteiger partial charge on any atom is 1.00 e. The molecular formula is C25H25KN2O3. The summed E-state index contributed by atoms with van der Waals surface area (Å²) in [5, 5.41) is 3.28. The zero-order valence-electron chi connectivity index (χ0n) is 18.6. The zero-order valence-corrected chi connectivity index (χ0v) is 21.7. The maximum absolute atomic E-state index is 11.9. The van der Waals surface area contributed by atoms with E-state index in [0.717, 1.165) is 35.2 Å². The van der Waals surface area contributed by atoms with E-state index in [1.54, 1.807) is 24.3 Å². The first-order chi connectivity index (χ1) is 14.3. The van der Waals surface area contributed by atoms with Crippen LogP contribution in [0.5, 0.6) is 0 Å². The van der Waals surface area contributed by atoms with Crippen LogP contribution in [0.25, 0.3) is 11.0 Å². The Morgan fingerprint density at radius 2 is 1.26 bits per heavy atom. The molecule has 1 aliphatic carbocycles. The van der Waals surface area contributed by atoms with Crippen molar-refractivity contribution in [3.05, 3.63) is 81.7 Å². The fourth-order valence-electron chi connectivity index (χ4n) is 3.66. The predicted molar refractivity (Wildman–Crippen MR) is 116 cm³/mol. The quantitative estimate of drug-likeness (QED) is 0.467. The van der Waals surface area contributed by atoms with Crippen molar-refractivity contribution in [1.82, 2.24) is 4.90 Å². The first-order valence-electron chi connectivity index (χ1n) is 10.3. The van der Waals surface area contributed by atoms with Crippen LogP contribution in [0.2, 0.25) is 0 Å². The standard InChI is InChI=1S/C12H11NO.C8H5NO2.C5H10.K/c1-8-6-7-13-11(8)9-4-2-3-5-10(9)12(13)14;10-7-5-3-1-2-4-6(5)8(11)9-7;1-5(2)3-4-5;/h2-5H,6-7H2,1H3;1-4H,(H,9,10,11);3-4H2,1-2H3;/q;;;+1/p-1. The third-order valence-electron chi connectivity index (χ3n) is 5.88. The molecule has 0 atom stereocenters. The van der Waals surface area contributed by atoms with E-state index in [0.29, 0.717) is 11.1 Å². The molecule has 4 aliphatic rings. The Bertz CT molecular complexity index is 1050. The molecule has 3 amide bonds.